The van der Waals surface area contributed by atoms with Crippen molar-refractivity contribution in [2.45, 2.75) is 0 Å². The largest absolute Gasteiger partial charge is 0.215 e. The van der Waals surface area contributed by atoms with Crippen LogP contribution >= 0.6 is 0 Å². The van der Waals surface area contributed by atoms with Gasteiger partial charge in [0.05, 0.1) is 6.54 Å². The zero-order chi connectivity index (χ0) is 3.54. The Balaban J connectivity index is 2.08. The Morgan fingerprint density at radius 2 is 2.60 bits per heavy atom. The highest BCUT2D eigenvalue weighted by molar-refractivity contribution is 4.28. The molecule has 0 spiro atoms. The van der Waals surface area contributed by atoms with E-state index in [-0.39, 0.29) is 0 Å². The molecule has 0 aromatic rings. The van der Waals surface area contributed by atoms with E-state index in [2.05, 4.69) is 15.4 Å². The van der Waals surface area contributed by atoms with Crippen LogP contribution in [0.25, 0.3) is 0 Å². The standard InChI is InChI=1S/C2H4NO2/c1-2-4-5-3-1/h1-2H2. The van der Waals surface area contributed by atoms with Gasteiger partial charge in [0.25, 0.3) is 0 Å². The second-order valence-corrected chi connectivity index (χ2v) is 0.749. The molecule has 5 heavy (non-hydrogen) atoms. The molecule has 0 aliphatic carbocycles. The third-order valence-electron chi connectivity index (χ3n) is 0.371. The van der Waals surface area contributed by atoms with Crippen molar-refractivity contribution in [3.05, 3.63) is 0 Å². The van der Waals surface area contributed by atoms with Crippen molar-refractivity contribution < 1.29 is 9.88 Å². The monoisotopic (exact) mass is 74.0 g/mol. The van der Waals surface area contributed by atoms with E-state index in [1.807, 2.05) is 0 Å². The lowest BCUT2D eigenvalue weighted by atomic mass is 10.8. The van der Waals surface area contributed by atoms with Crippen molar-refractivity contribution in [2.75, 3.05) is 13.2 Å². The average molecular weight is 74.1 g/mol. The molecule has 29 valence electrons. The first-order valence-electron chi connectivity index (χ1n) is 1.45. The fraction of sp³-hybridized carbons (Fsp3) is 1.00. The molecule has 0 aromatic heterocycles. The zero-order valence-electron chi connectivity index (χ0n) is 2.68. The molecular weight excluding hydrogens is 70.0 g/mol. The molecule has 0 unspecified atom stereocenters. The van der Waals surface area contributed by atoms with Gasteiger partial charge in [0.1, 0.15) is 6.61 Å². The second kappa shape index (κ2) is 1.35. The zero-order valence-corrected chi connectivity index (χ0v) is 2.68. The summed E-state index contributed by atoms with van der Waals surface area (Å²) in [4.78, 5) is 8.35. The van der Waals surface area contributed by atoms with Gasteiger partial charge in [-0.05, 0) is 0 Å². The van der Waals surface area contributed by atoms with Gasteiger partial charge in [-0.25, -0.2) is 4.89 Å². The lowest BCUT2D eigenvalue weighted by molar-refractivity contribution is -0.288. The maximum atomic E-state index is 4.28. The van der Waals surface area contributed by atoms with E-state index in [0.717, 1.165) is 0 Å². The van der Waals surface area contributed by atoms with Gasteiger partial charge in [-0.1, -0.05) is 5.48 Å². The summed E-state index contributed by atoms with van der Waals surface area (Å²) >= 11 is 0. The Bertz CT molecular complexity index is 19.2. The van der Waals surface area contributed by atoms with Gasteiger partial charge in [0.15, 0.2) is 0 Å². The fourth-order valence-electron chi connectivity index (χ4n) is 0.186. The summed E-state index contributed by atoms with van der Waals surface area (Å²) in [5.41, 5.74) is 3.36. The van der Waals surface area contributed by atoms with Gasteiger partial charge < -0.3 is 0 Å². The number of hydroxylamine groups is 1. The Morgan fingerprint density at radius 1 is 1.60 bits per heavy atom. The molecule has 1 fully saturated rings. The summed E-state index contributed by atoms with van der Waals surface area (Å²) in [5.74, 6) is 0. The summed E-state index contributed by atoms with van der Waals surface area (Å²) in [6.45, 7) is 1.29. The van der Waals surface area contributed by atoms with Crippen LogP contribution in [-0.4, -0.2) is 13.2 Å². The summed E-state index contributed by atoms with van der Waals surface area (Å²) < 4.78 is 0. The maximum absolute atomic E-state index is 4.28. The number of hydrogen-bond acceptors (Lipinski definition) is 2. The third-order valence-corrected chi connectivity index (χ3v) is 0.371. The van der Waals surface area contributed by atoms with Crippen LogP contribution in [0.4, 0.5) is 0 Å². The SMILES string of the molecule is C1COO[N]1. The molecule has 3 heteroatoms. The number of nitrogens with zero attached hydrogens (tertiary/aromatic N) is 1. The van der Waals surface area contributed by atoms with Crippen molar-refractivity contribution in [3.63, 3.8) is 0 Å². The van der Waals surface area contributed by atoms with Crippen LogP contribution in [0.1, 0.15) is 0 Å². The second-order valence-electron chi connectivity index (χ2n) is 0.749. The highest BCUT2D eigenvalue weighted by Crippen LogP contribution is 1.81. The van der Waals surface area contributed by atoms with E-state index in [1.54, 1.807) is 0 Å². The molecule has 1 aliphatic rings. The van der Waals surface area contributed by atoms with E-state index in [4.69, 9.17) is 0 Å². The van der Waals surface area contributed by atoms with Gasteiger partial charge in [-0.2, -0.15) is 0 Å². The Labute approximate surface area is 29.8 Å². The van der Waals surface area contributed by atoms with Crippen LogP contribution in [0.15, 0.2) is 0 Å². The lowest BCUT2D eigenvalue weighted by Gasteiger charge is -1.74. The van der Waals surface area contributed by atoms with Crippen molar-refractivity contribution >= 4 is 0 Å². The normalized spacial score (nSPS) is 24.0. The molecule has 1 aliphatic heterocycles. The van der Waals surface area contributed by atoms with Crippen LogP contribution in [0, 0.1) is 0 Å². The lowest BCUT2D eigenvalue weighted by Crippen LogP contribution is -1.91. The highest BCUT2D eigenvalue weighted by atomic mass is 17.3. The quantitative estimate of drug-likeness (QED) is 0.362. The van der Waals surface area contributed by atoms with Crippen LogP contribution < -0.4 is 5.48 Å². The summed E-state index contributed by atoms with van der Waals surface area (Å²) in [6.07, 6.45) is 0. The smallest absolute Gasteiger partial charge is 0.101 e. The minimum Gasteiger partial charge on any atom is -0.215 e. The minimum atomic E-state index is 0.611. The molecule has 0 aromatic carbocycles. The average Bonchev–Trinajstić information content (AvgIpc) is 1.76. The van der Waals surface area contributed by atoms with E-state index >= 15 is 0 Å². The van der Waals surface area contributed by atoms with Gasteiger partial charge >= 0.3 is 0 Å². The molecule has 1 heterocycles. The van der Waals surface area contributed by atoms with Crippen molar-refractivity contribution in [1.29, 1.82) is 0 Å². The summed E-state index contributed by atoms with van der Waals surface area (Å²) in [5, 5.41) is 0. The molecule has 0 atom stereocenters. The minimum absolute atomic E-state index is 0.611. The molecule has 0 amide bonds. The fourth-order valence-corrected chi connectivity index (χ4v) is 0.186. The molecule has 0 saturated carbocycles. The number of rotatable bonds is 0. The van der Waals surface area contributed by atoms with Crippen LogP contribution in [-0.2, 0) is 9.88 Å². The third kappa shape index (κ3) is 0.576. The predicted molar refractivity (Wildman–Crippen MR) is 14.0 cm³/mol. The molecule has 0 N–H and O–H groups in total. The van der Waals surface area contributed by atoms with E-state index in [0.29, 0.717) is 13.2 Å². The first-order chi connectivity index (χ1) is 2.50. The molecule has 1 saturated heterocycles. The first kappa shape index (κ1) is 3.08. The Morgan fingerprint density at radius 3 is 2.80 bits per heavy atom. The molecule has 0 bridgehead atoms. The Kier molecular flexibility index (Phi) is 0.834. The highest BCUT2D eigenvalue weighted by Gasteiger charge is 1.97. The molecule has 1 rings (SSSR count). The Hall–Kier alpha value is -0.120. The van der Waals surface area contributed by atoms with E-state index < -0.39 is 0 Å². The van der Waals surface area contributed by atoms with Crippen LogP contribution in [0.3, 0.4) is 0 Å². The van der Waals surface area contributed by atoms with Crippen molar-refractivity contribution in [3.8, 4) is 0 Å². The van der Waals surface area contributed by atoms with Gasteiger partial charge in [0.2, 0.25) is 0 Å². The van der Waals surface area contributed by atoms with E-state index in [1.165, 1.54) is 0 Å². The first-order valence-corrected chi connectivity index (χ1v) is 1.45. The van der Waals surface area contributed by atoms with Gasteiger partial charge in [-0.3, -0.25) is 0 Å². The van der Waals surface area contributed by atoms with E-state index in [9.17, 15) is 0 Å². The molecule has 1 radical (unpaired) electrons. The van der Waals surface area contributed by atoms with Crippen LogP contribution in [0.2, 0.25) is 0 Å². The topological polar surface area (TPSA) is 32.6 Å². The van der Waals surface area contributed by atoms with Crippen molar-refractivity contribution in [1.82, 2.24) is 5.48 Å². The van der Waals surface area contributed by atoms with Crippen LogP contribution in [0.5, 0.6) is 0 Å². The molecular formula is C2H4NO2. The predicted octanol–water partition coefficient (Wildman–Crippen LogP) is -0.532. The maximum Gasteiger partial charge on any atom is 0.101 e. The van der Waals surface area contributed by atoms with Gasteiger partial charge in [0, 0.05) is 0 Å². The van der Waals surface area contributed by atoms with Gasteiger partial charge in [-0.15, -0.1) is 4.99 Å². The number of hydrogen-bond donors (Lipinski definition) is 0. The van der Waals surface area contributed by atoms with Crippen molar-refractivity contribution in [2.24, 2.45) is 0 Å². The summed E-state index contributed by atoms with van der Waals surface area (Å²) in [6, 6.07) is 0. The molecule has 3 nitrogen and oxygen atoms in total. The summed E-state index contributed by atoms with van der Waals surface area (Å²) in [7, 11) is 0.